The van der Waals surface area contributed by atoms with Gasteiger partial charge in [0.25, 0.3) is 0 Å². The van der Waals surface area contributed by atoms with Crippen molar-refractivity contribution in [3.8, 4) is 0 Å². The van der Waals surface area contributed by atoms with Crippen LogP contribution in [-0.2, 0) is 4.79 Å². The number of carbonyl (C=O) groups is 1. The molecule has 3 nitrogen and oxygen atoms in total. The molecule has 0 aliphatic carbocycles. The summed E-state index contributed by atoms with van der Waals surface area (Å²) in [5.41, 5.74) is 3.20. The predicted octanol–water partition coefficient (Wildman–Crippen LogP) is 5.11. The van der Waals surface area contributed by atoms with Gasteiger partial charge in [-0.15, -0.1) is 0 Å². The van der Waals surface area contributed by atoms with E-state index in [1.807, 2.05) is 19.1 Å². The highest BCUT2D eigenvalue weighted by Crippen LogP contribution is 2.22. The van der Waals surface area contributed by atoms with Crippen LogP contribution < -0.4 is 10.6 Å². The highest BCUT2D eigenvalue weighted by Gasteiger charge is 2.06. The van der Waals surface area contributed by atoms with E-state index in [1.54, 1.807) is 0 Å². The Labute approximate surface area is 129 Å². The monoisotopic (exact) mass is 290 g/mol. The third-order valence-electron chi connectivity index (χ3n) is 3.74. The molecule has 0 spiro atoms. The Hall–Kier alpha value is -1.51. The lowest BCUT2D eigenvalue weighted by Gasteiger charge is -2.18. The normalized spacial score (nSPS) is 12.0. The smallest absolute Gasteiger partial charge is 0.224 e. The Kier molecular flexibility index (Phi) is 7.88. The van der Waals surface area contributed by atoms with Gasteiger partial charge < -0.3 is 10.6 Å². The number of nitrogens with one attached hydrogen (secondary N) is 2. The van der Waals surface area contributed by atoms with E-state index in [9.17, 15) is 4.79 Å². The third kappa shape index (κ3) is 6.65. The molecule has 0 saturated carbocycles. The van der Waals surface area contributed by atoms with Gasteiger partial charge in [-0.3, -0.25) is 4.79 Å². The number of anilines is 2. The zero-order chi connectivity index (χ0) is 15.7. The molecule has 1 rings (SSSR count). The molecule has 2 N–H and O–H groups in total. The van der Waals surface area contributed by atoms with Gasteiger partial charge in [0.15, 0.2) is 0 Å². The standard InChI is InChI=1S/C18H30N2O/c1-5-7-8-9-10-15(4)19-17-13-16(12-11-14(17)3)20-18(21)6-2/h11-13,15,19H,5-10H2,1-4H3,(H,20,21). The predicted molar refractivity (Wildman–Crippen MR) is 91.9 cm³/mol. The maximum absolute atomic E-state index is 11.5. The van der Waals surface area contributed by atoms with Gasteiger partial charge >= 0.3 is 0 Å². The summed E-state index contributed by atoms with van der Waals surface area (Å²) in [5.74, 6) is 0.0532. The molecule has 0 aliphatic heterocycles. The summed E-state index contributed by atoms with van der Waals surface area (Å²) in [7, 11) is 0. The van der Waals surface area contributed by atoms with Crippen molar-refractivity contribution in [2.24, 2.45) is 0 Å². The molecule has 0 heterocycles. The highest BCUT2D eigenvalue weighted by molar-refractivity contribution is 5.91. The largest absolute Gasteiger partial charge is 0.382 e. The molecule has 1 amide bonds. The average molecular weight is 290 g/mol. The average Bonchev–Trinajstić information content (AvgIpc) is 2.47. The molecule has 3 heteroatoms. The second-order valence-electron chi connectivity index (χ2n) is 5.83. The Bertz CT molecular complexity index is 443. The summed E-state index contributed by atoms with van der Waals surface area (Å²) >= 11 is 0. The van der Waals surface area contributed by atoms with Crippen LogP contribution in [0.1, 0.15) is 64.9 Å². The second-order valence-corrected chi connectivity index (χ2v) is 5.83. The minimum Gasteiger partial charge on any atom is -0.382 e. The zero-order valence-electron chi connectivity index (χ0n) is 14.0. The van der Waals surface area contributed by atoms with Gasteiger partial charge in [-0.2, -0.15) is 0 Å². The fourth-order valence-electron chi connectivity index (χ4n) is 2.32. The molecule has 0 fully saturated rings. The minimum atomic E-state index is 0.0532. The first-order valence-corrected chi connectivity index (χ1v) is 8.23. The van der Waals surface area contributed by atoms with Crippen LogP contribution in [0.5, 0.6) is 0 Å². The van der Waals surface area contributed by atoms with E-state index < -0.39 is 0 Å². The van der Waals surface area contributed by atoms with E-state index >= 15 is 0 Å². The lowest BCUT2D eigenvalue weighted by atomic mass is 10.1. The van der Waals surface area contributed by atoms with Crippen LogP contribution in [0.4, 0.5) is 11.4 Å². The van der Waals surface area contributed by atoms with Crippen molar-refractivity contribution in [1.82, 2.24) is 0 Å². The van der Waals surface area contributed by atoms with E-state index in [4.69, 9.17) is 0 Å². The molecular weight excluding hydrogens is 260 g/mol. The van der Waals surface area contributed by atoms with Crippen LogP contribution in [0.15, 0.2) is 18.2 Å². The van der Waals surface area contributed by atoms with Gasteiger partial charge in [0, 0.05) is 23.8 Å². The maximum Gasteiger partial charge on any atom is 0.224 e. The first-order valence-electron chi connectivity index (χ1n) is 8.23. The van der Waals surface area contributed by atoms with Crippen molar-refractivity contribution in [3.63, 3.8) is 0 Å². The van der Waals surface area contributed by atoms with E-state index in [1.165, 1.54) is 37.7 Å². The summed E-state index contributed by atoms with van der Waals surface area (Å²) in [6.07, 6.45) is 6.88. The molecule has 0 radical (unpaired) electrons. The van der Waals surface area contributed by atoms with E-state index in [0.717, 1.165) is 11.4 Å². The van der Waals surface area contributed by atoms with Crippen molar-refractivity contribution in [1.29, 1.82) is 0 Å². The minimum absolute atomic E-state index is 0.0532. The van der Waals surface area contributed by atoms with Crippen molar-refractivity contribution in [3.05, 3.63) is 23.8 Å². The van der Waals surface area contributed by atoms with Crippen LogP contribution in [0.2, 0.25) is 0 Å². The van der Waals surface area contributed by atoms with E-state index in [-0.39, 0.29) is 5.91 Å². The number of benzene rings is 1. The summed E-state index contributed by atoms with van der Waals surface area (Å²) in [4.78, 5) is 11.5. The van der Waals surface area contributed by atoms with Crippen LogP contribution in [0, 0.1) is 6.92 Å². The number of carbonyl (C=O) groups excluding carboxylic acids is 1. The molecule has 1 atom stereocenters. The molecule has 1 aromatic carbocycles. The Morgan fingerprint density at radius 3 is 2.62 bits per heavy atom. The lowest BCUT2D eigenvalue weighted by molar-refractivity contribution is -0.115. The Morgan fingerprint density at radius 2 is 1.95 bits per heavy atom. The number of hydrogen-bond acceptors (Lipinski definition) is 2. The number of rotatable bonds is 9. The van der Waals surface area contributed by atoms with Crippen LogP contribution in [0.3, 0.4) is 0 Å². The van der Waals surface area contributed by atoms with Crippen molar-refractivity contribution in [2.45, 2.75) is 72.3 Å². The molecule has 0 aliphatic rings. The van der Waals surface area contributed by atoms with Gasteiger partial charge in [0.2, 0.25) is 5.91 Å². The van der Waals surface area contributed by atoms with Gasteiger partial charge in [0.05, 0.1) is 0 Å². The molecule has 118 valence electrons. The van der Waals surface area contributed by atoms with Crippen molar-refractivity contribution in [2.75, 3.05) is 10.6 Å². The Balaban J connectivity index is 2.56. The molecule has 0 saturated heterocycles. The first-order chi connectivity index (χ1) is 10.1. The second kappa shape index (κ2) is 9.43. The molecule has 21 heavy (non-hydrogen) atoms. The van der Waals surface area contributed by atoms with Gasteiger partial charge in [-0.1, -0.05) is 45.6 Å². The SMILES string of the molecule is CCCCCCC(C)Nc1cc(NC(=O)CC)ccc1C. The highest BCUT2D eigenvalue weighted by atomic mass is 16.1. The number of amides is 1. The molecule has 0 aromatic heterocycles. The fraction of sp³-hybridized carbons (Fsp3) is 0.611. The molecule has 0 bridgehead atoms. The fourth-order valence-corrected chi connectivity index (χ4v) is 2.32. The van der Waals surface area contributed by atoms with Crippen molar-refractivity contribution < 1.29 is 4.79 Å². The summed E-state index contributed by atoms with van der Waals surface area (Å²) in [6, 6.07) is 6.50. The summed E-state index contributed by atoms with van der Waals surface area (Å²) in [5, 5.41) is 6.48. The van der Waals surface area contributed by atoms with E-state index in [2.05, 4.69) is 37.5 Å². The third-order valence-corrected chi connectivity index (χ3v) is 3.74. The Morgan fingerprint density at radius 1 is 1.19 bits per heavy atom. The van der Waals surface area contributed by atoms with Crippen molar-refractivity contribution >= 4 is 17.3 Å². The van der Waals surface area contributed by atoms with Crippen LogP contribution in [0.25, 0.3) is 0 Å². The molecule has 1 unspecified atom stereocenters. The summed E-state index contributed by atoms with van der Waals surface area (Å²) in [6.45, 7) is 8.42. The maximum atomic E-state index is 11.5. The number of unbranched alkanes of at least 4 members (excludes halogenated alkanes) is 3. The lowest BCUT2D eigenvalue weighted by Crippen LogP contribution is -2.16. The first kappa shape index (κ1) is 17.5. The zero-order valence-corrected chi connectivity index (χ0v) is 14.0. The van der Waals surface area contributed by atoms with Gasteiger partial charge in [-0.25, -0.2) is 0 Å². The van der Waals surface area contributed by atoms with Crippen LogP contribution in [-0.4, -0.2) is 11.9 Å². The quantitative estimate of drug-likeness (QED) is 0.620. The van der Waals surface area contributed by atoms with Gasteiger partial charge in [0.1, 0.15) is 0 Å². The number of hydrogen-bond donors (Lipinski definition) is 2. The van der Waals surface area contributed by atoms with Gasteiger partial charge in [-0.05, 0) is 38.0 Å². The topological polar surface area (TPSA) is 41.1 Å². The molecular formula is C18H30N2O. The molecule has 1 aromatic rings. The van der Waals surface area contributed by atoms with E-state index in [0.29, 0.717) is 12.5 Å². The number of aryl methyl sites for hydroxylation is 1. The van der Waals surface area contributed by atoms with Crippen LogP contribution >= 0.6 is 0 Å². The summed E-state index contributed by atoms with van der Waals surface area (Å²) < 4.78 is 0.